The molecule has 0 amide bonds. The van der Waals surface area contributed by atoms with Crippen molar-refractivity contribution in [3.8, 4) is 11.5 Å². The molecule has 1 aliphatic heterocycles. The average molecular weight is 314 g/mol. The molecular formula is C14H18O6S. The summed E-state index contributed by atoms with van der Waals surface area (Å²) in [6.45, 7) is 0.0241. The number of phenols is 1. The first kappa shape index (κ1) is 15.6. The molecule has 0 aliphatic carbocycles. The fourth-order valence-electron chi connectivity index (χ4n) is 2.45. The lowest BCUT2D eigenvalue weighted by atomic mass is 9.92. The highest BCUT2D eigenvalue weighted by molar-refractivity contribution is 7.91. The number of methoxy groups -OCH3 is 1. The molecule has 1 fully saturated rings. The van der Waals surface area contributed by atoms with Gasteiger partial charge in [0.25, 0.3) is 0 Å². The smallest absolute Gasteiger partial charge is 0.312 e. The highest BCUT2D eigenvalue weighted by atomic mass is 32.2. The number of aromatic hydroxyl groups is 1. The van der Waals surface area contributed by atoms with Gasteiger partial charge in [0.15, 0.2) is 9.84 Å². The van der Waals surface area contributed by atoms with Crippen molar-refractivity contribution in [2.24, 2.45) is 11.8 Å². The van der Waals surface area contributed by atoms with Crippen LogP contribution in [0.5, 0.6) is 11.5 Å². The van der Waals surface area contributed by atoms with E-state index in [1.165, 1.54) is 19.2 Å². The van der Waals surface area contributed by atoms with E-state index in [9.17, 15) is 18.3 Å². The normalized spacial score (nSPS) is 21.7. The van der Waals surface area contributed by atoms with Gasteiger partial charge >= 0.3 is 5.97 Å². The highest BCUT2D eigenvalue weighted by Crippen LogP contribution is 2.28. The number of ether oxygens (including phenoxy) is 2. The lowest BCUT2D eigenvalue weighted by Gasteiger charge is -2.20. The molecule has 7 heteroatoms. The minimum atomic E-state index is -3.08. The second-order valence-electron chi connectivity index (χ2n) is 5.10. The van der Waals surface area contributed by atoms with E-state index in [-0.39, 0.29) is 29.8 Å². The lowest BCUT2D eigenvalue weighted by Crippen LogP contribution is -2.31. The summed E-state index contributed by atoms with van der Waals surface area (Å²) in [5.74, 6) is -0.838. The van der Waals surface area contributed by atoms with Gasteiger partial charge in [-0.25, -0.2) is 8.42 Å². The van der Waals surface area contributed by atoms with Crippen LogP contribution in [0.15, 0.2) is 24.3 Å². The Morgan fingerprint density at radius 2 is 2.24 bits per heavy atom. The van der Waals surface area contributed by atoms with Crippen molar-refractivity contribution in [2.75, 3.05) is 25.2 Å². The molecule has 1 aliphatic rings. The van der Waals surface area contributed by atoms with Gasteiger partial charge in [-0.3, -0.25) is 4.79 Å². The summed E-state index contributed by atoms with van der Waals surface area (Å²) in [5.41, 5.74) is 0. The van der Waals surface area contributed by atoms with Crippen LogP contribution < -0.4 is 4.74 Å². The molecular weight excluding hydrogens is 296 g/mol. The summed E-state index contributed by atoms with van der Waals surface area (Å²) >= 11 is 0. The molecule has 0 radical (unpaired) electrons. The summed E-state index contributed by atoms with van der Waals surface area (Å²) in [5, 5.41) is 9.36. The highest BCUT2D eigenvalue weighted by Gasteiger charge is 2.38. The molecule has 2 unspecified atom stereocenters. The molecule has 0 aromatic heterocycles. The number of benzene rings is 1. The molecule has 21 heavy (non-hydrogen) atoms. The van der Waals surface area contributed by atoms with Gasteiger partial charge in [0.1, 0.15) is 18.1 Å². The number of carbonyl (C=O) groups is 1. The van der Waals surface area contributed by atoms with Gasteiger partial charge in [0.2, 0.25) is 0 Å². The quantitative estimate of drug-likeness (QED) is 0.815. The van der Waals surface area contributed by atoms with Crippen LogP contribution in [0.2, 0.25) is 0 Å². The molecule has 2 rings (SSSR count). The maximum Gasteiger partial charge on any atom is 0.312 e. The van der Waals surface area contributed by atoms with Crippen LogP contribution in [0.3, 0.4) is 0 Å². The van der Waals surface area contributed by atoms with Gasteiger partial charge in [-0.1, -0.05) is 6.07 Å². The molecule has 1 N–H and O–H groups in total. The van der Waals surface area contributed by atoms with Gasteiger partial charge in [0, 0.05) is 6.07 Å². The van der Waals surface area contributed by atoms with Crippen molar-refractivity contribution in [3.63, 3.8) is 0 Å². The van der Waals surface area contributed by atoms with Crippen molar-refractivity contribution >= 4 is 15.8 Å². The number of rotatable bonds is 5. The third-order valence-corrected chi connectivity index (χ3v) is 5.38. The summed E-state index contributed by atoms with van der Waals surface area (Å²) < 4.78 is 33.3. The molecule has 2 atom stereocenters. The Morgan fingerprint density at radius 1 is 1.48 bits per heavy atom. The minimum absolute atomic E-state index is 0.0177. The molecule has 1 aromatic carbocycles. The van der Waals surface area contributed by atoms with E-state index in [0.29, 0.717) is 12.2 Å². The summed E-state index contributed by atoms with van der Waals surface area (Å²) in [4.78, 5) is 11.9. The average Bonchev–Trinajstić information content (AvgIpc) is 2.79. The van der Waals surface area contributed by atoms with Crippen LogP contribution in [0, 0.1) is 11.8 Å². The third kappa shape index (κ3) is 4.10. The zero-order valence-electron chi connectivity index (χ0n) is 11.7. The zero-order valence-corrected chi connectivity index (χ0v) is 12.5. The van der Waals surface area contributed by atoms with E-state index in [1.54, 1.807) is 12.1 Å². The molecule has 6 nitrogen and oxygen atoms in total. The van der Waals surface area contributed by atoms with Gasteiger partial charge in [0.05, 0.1) is 24.5 Å². The van der Waals surface area contributed by atoms with Crippen LogP contribution >= 0.6 is 0 Å². The summed E-state index contributed by atoms with van der Waals surface area (Å²) in [7, 11) is -1.80. The van der Waals surface area contributed by atoms with Crippen molar-refractivity contribution in [3.05, 3.63) is 24.3 Å². The van der Waals surface area contributed by atoms with Crippen LogP contribution in [0.4, 0.5) is 0 Å². The largest absolute Gasteiger partial charge is 0.508 e. The van der Waals surface area contributed by atoms with Gasteiger partial charge in [-0.05, 0) is 24.5 Å². The van der Waals surface area contributed by atoms with Gasteiger partial charge in [-0.2, -0.15) is 0 Å². The van der Waals surface area contributed by atoms with E-state index in [4.69, 9.17) is 9.47 Å². The second kappa shape index (κ2) is 6.34. The molecule has 1 heterocycles. The maximum absolute atomic E-state index is 11.9. The number of sulfone groups is 1. The summed E-state index contributed by atoms with van der Waals surface area (Å²) in [6.07, 6.45) is 0.436. The number of esters is 1. The number of hydrogen-bond donors (Lipinski definition) is 1. The van der Waals surface area contributed by atoms with Crippen molar-refractivity contribution in [1.82, 2.24) is 0 Å². The molecule has 0 bridgehead atoms. The Hall–Kier alpha value is -1.76. The van der Waals surface area contributed by atoms with Crippen molar-refractivity contribution < 1.29 is 27.8 Å². The minimum Gasteiger partial charge on any atom is -0.508 e. The Balaban J connectivity index is 2.05. The van der Waals surface area contributed by atoms with E-state index in [1.807, 2.05) is 0 Å². The Bertz CT molecular complexity index is 610. The van der Waals surface area contributed by atoms with Crippen LogP contribution in [-0.4, -0.2) is 44.7 Å². The standard InChI is InChI=1S/C14H18O6S/c1-19-14(16)13(10-5-6-21(17,18)9-10)8-20-12-4-2-3-11(15)7-12/h2-4,7,10,13,15H,5-6,8-9H2,1H3. The van der Waals surface area contributed by atoms with Gasteiger partial charge < -0.3 is 14.6 Å². The maximum atomic E-state index is 11.9. The lowest BCUT2D eigenvalue weighted by molar-refractivity contribution is -0.148. The Morgan fingerprint density at radius 3 is 2.81 bits per heavy atom. The van der Waals surface area contributed by atoms with E-state index < -0.39 is 21.7 Å². The number of carbonyl (C=O) groups excluding carboxylic acids is 1. The first-order valence-corrected chi connectivity index (χ1v) is 8.43. The number of phenolic OH excluding ortho intramolecular Hbond substituents is 1. The Labute approximate surface area is 123 Å². The van der Waals surface area contributed by atoms with Crippen LogP contribution in [-0.2, 0) is 19.4 Å². The predicted molar refractivity (Wildman–Crippen MR) is 75.9 cm³/mol. The fourth-order valence-corrected chi connectivity index (χ4v) is 4.33. The second-order valence-corrected chi connectivity index (χ2v) is 7.33. The van der Waals surface area contributed by atoms with E-state index in [2.05, 4.69) is 0 Å². The molecule has 0 spiro atoms. The predicted octanol–water partition coefficient (Wildman–Crippen LogP) is 0.995. The van der Waals surface area contributed by atoms with Crippen molar-refractivity contribution in [2.45, 2.75) is 6.42 Å². The van der Waals surface area contributed by atoms with Crippen LogP contribution in [0.25, 0.3) is 0 Å². The molecule has 1 aromatic rings. The Kier molecular flexibility index (Phi) is 4.72. The SMILES string of the molecule is COC(=O)C(COc1cccc(O)c1)C1CCS(=O)(=O)C1. The molecule has 116 valence electrons. The van der Waals surface area contributed by atoms with Crippen molar-refractivity contribution in [1.29, 1.82) is 0 Å². The number of hydrogen-bond acceptors (Lipinski definition) is 6. The van der Waals surface area contributed by atoms with Crippen LogP contribution in [0.1, 0.15) is 6.42 Å². The van der Waals surface area contributed by atoms with Gasteiger partial charge in [-0.15, -0.1) is 0 Å². The fraction of sp³-hybridized carbons (Fsp3) is 0.500. The zero-order chi connectivity index (χ0) is 15.5. The molecule has 1 saturated heterocycles. The first-order valence-electron chi connectivity index (χ1n) is 6.61. The molecule has 0 saturated carbocycles. The van der Waals surface area contributed by atoms with E-state index in [0.717, 1.165) is 0 Å². The summed E-state index contributed by atoms with van der Waals surface area (Å²) in [6, 6.07) is 6.21. The topological polar surface area (TPSA) is 89.9 Å². The van der Waals surface area contributed by atoms with E-state index >= 15 is 0 Å². The third-order valence-electron chi connectivity index (χ3n) is 3.59. The first-order chi connectivity index (χ1) is 9.91. The monoisotopic (exact) mass is 314 g/mol.